The Kier molecular flexibility index (Phi) is 5.27. The molecule has 2 amide bonds. The molecule has 4 rings (SSSR count). The highest BCUT2D eigenvalue weighted by Gasteiger charge is 2.41. The van der Waals surface area contributed by atoms with Crippen LogP contribution in [0.4, 0.5) is 5.69 Å². The van der Waals surface area contributed by atoms with E-state index in [0.717, 1.165) is 5.75 Å². The average molecular weight is 414 g/mol. The van der Waals surface area contributed by atoms with Crippen molar-refractivity contribution in [1.29, 1.82) is 0 Å². The Morgan fingerprint density at radius 2 is 1.72 bits per heavy atom. The minimum atomic E-state index is -3.08. The lowest BCUT2D eigenvalue weighted by Crippen LogP contribution is -2.38. The number of para-hydroxylation sites is 1. The predicted octanol–water partition coefficient (Wildman–Crippen LogP) is 2.45. The molecule has 8 heteroatoms. The number of carbonyl (C=O) groups is 2. The van der Waals surface area contributed by atoms with E-state index in [1.807, 2.05) is 30.3 Å². The monoisotopic (exact) mass is 414 g/mol. The van der Waals surface area contributed by atoms with Crippen molar-refractivity contribution in [2.45, 2.75) is 18.9 Å². The van der Waals surface area contributed by atoms with Gasteiger partial charge in [0.2, 0.25) is 11.8 Å². The van der Waals surface area contributed by atoms with Crippen LogP contribution < -0.4 is 10.1 Å². The third-order valence-electron chi connectivity index (χ3n) is 5.28. The summed E-state index contributed by atoms with van der Waals surface area (Å²) in [6, 6.07) is 16.1. The van der Waals surface area contributed by atoms with Gasteiger partial charge in [0.1, 0.15) is 11.5 Å². The van der Waals surface area contributed by atoms with E-state index in [1.54, 1.807) is 29.2 Å². The normalized spacial score (nSPS) is 23.2. The number of hydrogen-bond acceptors (Lipinski definition) is 5. The maximum Gasteiger partial charge on any atom is 0.229 e. The number of rotatable bonds is 5. The van der Waals surface area contributed by atoms with Crippen LogP contribution in [0, 0.1) is 5.92 Å². The Hall–Kier alpha value is -2.87. The summed E-state index contributed by atoms with van der Waals surface area (Å²) in [5, 5.41) is 2.83. The zero-order chi connectivity index (χ0) is 20.4. The number of likely N-dealkylation sites (tertiary alicyclic amines) is 1. The van der Waals surface area contributed by atoms with Gasteiger partial charge in [-0.2, -0.15) is 0 Å². The maximum atomic E-state index is 12.6. The summed E-state index contributed by atoms with van der Waals surface area (Å²) in [4.78, 5) is 26.4. The maximum absolute atomic E-state index is 12.6. The summed E-state index contributed by atoms with van der Waals surface area (Å²) in [6.07, 6.45) is 0.558. The van der Waals surface area contributed by atoms with Crippen molar-refractivity contribution in [2.24, 2.45) is 5.92 Å². The number of benzene rings is 2. The van der Waals surface area contributed by atoms with E-state index in [0.29, 0.717) is 17.9 Å². The molecule has 2 aliphatic heterocycles. The van der Waals surface area contributed by atoms with Crippen molar-refractivity contribution in [1.82, 2.24) is 4.90 Å². The fourth-order valence-electron chi connectivity index (χ4n) is 3.76. The smallest absolute Gasteiger partial charge is 0.229 e. The molecule has 2 saturated heterocycles. The highest BCUT2D eigenvalue weighted by atomic mass is 32.2. The molecule has 29 heavy (non-hydrogen) atoms. The largest absolute Gasteiger partial charge is 0.457 e. The number of sulfone groups is 1. The van der Waals surface area contributed by atoms with E-state index in [2.05, 4.69) is 5.32 Å². The summed E-state index contributed by atoms with van der Waals surface area (Å²) in [7, 11) is -3.08. The lowest BCUT2D eigenvalue weighted by Gasteiger charge is -2.22. The van der Waals surface area contributed by atoms with E-state index >= 15 is 0 Å². The summed E-state index contributed by atoms with van der Waals surface area (Å²) in [6.45, 7) is 0.264. The minimum Gasteiger partial charge on any atom is -0.457 e. The SMILES string of the molecule is O=C(Nc1ccc(Oc2ccccc2)cc1)C1CC(=O)N(C2CCS(=O)(=O)C2)C1. The second kappa shape index (κ2) is 7.87. The summed E-state index contributed by atoms with van der Waals surface area (Å²) < 4.78 is 29.1. The minimum absolute atomic E-state index is 0.00401. The lowest BCUT2D eigenvalue weighted by atomic mass is 10.1. The van der Waals surface area contributed by atoms with Gasteiger partial charge in [0.25, 0.3) is 0 Å². The molecule has 7 nitrogen and oxygen atoms in total. The van der Waals surface area contributed by atoms with Gasteiger partial charge in [-0.05, 0) is 42.8 Å². The number of ether oxygens (including phenoxy) is 1. The zero-order valence-electron chi connectivity index (χ0n) is 15.8. The van der Waals surface area contributed by atoms with Gasteiger partial charge in [-0.25, -0.2) is 8.42 Å². The van der Waals surface area contributed by atoms with Crippen LogP contribution in [0.25, 0.3) is 0 Å². The van der Waals surface area contributed by atoms with Crippen molar-refractivity contribution in [3.8, 4) is 11.5 Å². The Balaban J connectivity index is 1.34. The van der Waals surface area contributed by atoms with E-state index < -0.39 is 15.8 Å². The highest BCUT2D eigenvalue weighted by molar-refractivity contribution is 7.91. The second-order valence-corrected chi connectivity index (χ2v) is 9.66. The summed E-state index contributed by atoms with van der Waals surface area (Å²) in [5.74, 6) is 0.607. The molecular formula is C21H22N2O5S. The second-order valence-electron chi connectivity index (χ2n) is 7.43. The number of anilines is 1. The summed E-state index contributed by atoms with van der Waals surface area (Å²) >= 11 is 0. The van der Waals surface area contributed by atoms with E-state index in [-0.39, 0.29) is 42.3 Å². The first-order chi connectivity index (χ1) is 13.9. The van der Waals surface area contributed by atoms with E-state index in [9.17, 15) is 18.0 Å². The topological polar surface area (TPSA) is 92.8 Å². The van der Waals surface area contributed by atoms with Crippen molar-refractivity contribution in [3.63, 3.8) is 0 Å². The highest BCUT2D eigenvalue weighted by Crippen LogP contribution is 2.28. The standard InChI is InChI=1S/C21H22N2O5S/c24-20-12-15(13-23(20)17-10-11-29(26,27)14-17)21(25)22-16-6-8-19(9-7-16)28-18-4-2-1-3-5-18/h1-9,15,17H,10-14H2,(H,22,25). The first-order valence-corrected chi connectivity index (χ1v) is 11.4. The van der Waals surface area contributed by atoms with Crippen LogP contribution >= 0.6 is 0 Å². The third-order valence-corrected chi connectivity index (χ3v) is 7.03. The van der Waals surface area contributed by atoms with Gasteiger partial charge in [0, 0.05) is 24.7 Å². The van der Waals surface area contributed by atoms with Gasteiger partial charge in [-0.1, -0.05) is 18.2 Å². The Morgan fingerprint density at radius 1 is 1.03 bits per heavy atom. The van der Waals surface area contributed by atoms with Gasteiger partial charge >= 0.3 is 0 Å². The zero-order valence-corrected chi connectivity index (χ0v) is 16.6. The number of nitrogens with zero attached hydrogens (tertiary/aromatic N) is 1. The van der Waals surface area contributed by atoms with Crippen LogP contribution in [0.1, 0.15) is 12.8 Å². The molecule has 2 heterocycles. The van der Waals surface area contributed by atoms with Crippen LogP contribution in [0.15, 0.2) is 54.6 Å². The van der Waals surface area contributed by atoms with Crippen LogP contribution in [0.2, 0.25) is 0 Å². The molecule has 0 radical (unpaired) electrons. The Labute approximate surface area is 169 Å². The van der Waals surface area contributed by atoms with Gasteiger partial charge in [0.05, 0.1) is 17.4 Å². The average Bonchev–Trinajstić information content (AvgIpc) is 3.26. The molecule has 2 aliphatic rings. The number of nitrogens with one attached hydrogen (secondary N) is 1. The van der Waals surface area contributed by atoms with Crippen molar-refractivity contribution in [2.75, 3.05) is 23.4 Å². The molecule has 2 aromatic rings. The predicted molar refractivity (Wildman–Crippen MR) is 108 cm³/mol. The van der Waals surface area contributed by atoms with Crippen LogP contribution in [0.5, 0.6) is 11.5 Å². The first kappa shape index (κ1) is 19.4. The molecular weight excluding hydrogens is 392 g/mol. The molecule has 0 spiro atoms. The third kappa shape index (κ3) is 4.59. The van der Waals surface area contributed by atoms with Crippen molar-refractivity contribution < 1.29 is 22.7 Å². The van der Waals surface area contributed by atoms with Gasteiger partial charge in [-0.3, -0.25) is 9.59 Å². The molecule has 0 aromatic heterocycles. The summed E-state index contributed by atoms with van der Waals surface area (Å²) in [5.41, 5.74) is 0.616. The van der Waals surface area contributed by atoms with Crippen LogP contribution in [0.3, 0.4) is 0 Å². The van der Waals surface area contributed by atoms with Gasteiger partial charge in [-0.15, -0.1) is 0 Å². The molecule has 0 saturated carbocycles. The van der Waals surface area contributed by atoms with Crippen LogP contribution in [-0.2, 0) is 19.4 Å². The molecule has 2 fully saturated rings. The molecule has 152 valence electrons. The Morgan fingerprint density at radius 3 is 2.38 bits per heavy atom. The lowest BCUT2D eigenvalue weighted by molar-refractivity contribution is -0.129. The number of amides is 2. The fraction of sp³-hybridized carbons (Fsp3) is 0.333. The quantitative estimate of drug-likeness (QED) is 0.811. The molecule has 2 atom stereocenters. The van der Waals surface area contributed by atoms with Gasteiger partial charge < -0.3 is 15.0 Å². The van der Waals surface area contributed by atoms with Crippen molar-refractivity contribution >= 4 is 27.3 Å². The fourth-order valence-corrected chi connectivity index (χ4v) is 5.49. The Bertz CT molecular complexity index is 1010. The molecule has 2 unspecified atom stereocenters. The molecule has 0 bridgehead atoms. The number of carbonyl (C=O) groups excluding carboxylic acids is 2. The van der Waals surface area contributed by atoms with Crippen molar-refractivity contribution in [3.05, 3.63) is 54.6 Å². The van der Waals surface area contributed by atoms with E-state index in [4.69, 9.17) is 4.74 Å². The molecule has 2 aromatic carbocycles. The van der Waals surface area contributed by atoms with Gasteiger partial charge in [0.15, 0.2) is 9.84 Å². The number of hydrogen-bond donors (Lipinski definition) is 1. The molecule has 1 N–H and O–H groups in total. The van der Waals surface area contributed by atoms with Crippen LogP contribution in [-0.4, -0.2) is 49.2 Å². The molecule has 0 aliphatic carbocycles. The van der Waals surface area contributed by atoms with E-state index in [1.165, 1.54) is 0 Å². The first-order valence-electron chi connectivity index (χ1n) is 9.53.